The Morgan fingerprint density at radius 3 is 2.76 bits per heavy atom. The third-order valence-corrected chi connectivity index (χ3v) is 6.66. The number of likely N-dealkylation sites (tertiary alicyclic amines) is 1. The van der Waals surface area contributed by atoms with Crippen LogP contribution in [-0.4, -0.2) is 48.0 Å². The second-order valence-electron chi connectivity index (χ2n) is 9.47. The summed E-state index contributed by atoms with van der Waals surface area (Å²) in [5.74, 6) is 2.85. The lowest BCUT2D eigenvalue weighted by Crippen LogP contribution is -2.29. The Labute approximate surface area is 212 Å². The van der Waals surface area contributed by atoms with E-state index in [2.05, 4.69) is 27.9 Å². The molecule has 0 N–H and O–H groups in total. The Bertz CT molecular complexity index is 1530. The highest BCUT2D eigenvalue weighted by Gasteiger charge is 2.38. The van der Waals surface area contributed by atoms with Gasteiger partial charge in [-0.15, -0.1) is 6.42 Å². The Kier molecular flexibility index (Phi) is 6.23. The van der Waals surface area contributed by atoms with E-state index in [1.165, 1.54) is 18.6 Å². The number of imidazole rings is 1. The van der Waals surface area contributed by atoms with E-state index >= 15 is 0 Å². The number of terminal acetylenes is 1. The van der Waals surface area contributed by atoms with Crippen LogP contribution < -0.4 is 0 Å². The summed E-state index contributed by atoms with van der Waals surface area (Å²) in [6.07, 6.45) is 7.81. The topological polar surface area (TPSA) is 68.3 Å². The number of halogens is 3. The molecule has 4 heterocycles. The number of aryl methyl sites for hydroxylation is 1. The van der Waals surface area contributed by atoms with Gasteiger partial charge in [-0.2, -0.15) is 18.3 Å². The minimum Gasteiger partial charge on any atom is -0.338 e. The van der Waals surface area contributed by atoms with Crippen molar-refractivity contribution in [3.63, 3.8) is 0 Å². The molecule has 1 aliphatic rings. The maximum Gasteiger partial charge on any atom is 0.435 e. The van der Waals surface area contributed by atoms with Gasteiger partial charge in [0.05, 0.1) is 23.1 Å². The predicted octanol–water partition coefficient (Wildman–Crippen LogP) is 4.63. The molecule has 5 rings (SSSR count). The number of nitrogens with zero attached hydrogens (tertiary/aromatic N) is 6. The van der Waals surface area contributed by atoms with Crippen LogP contribution in [0.3, 0.4) is 0 Å². The van der Waals surface area contributed by atoms with Crippen LogP contribution in [0, 0.1) is 25.2 Å². The molecule has 0 radical (unpaired) electrons. The van der Waals surface area contributed by atoms with Gasteiger partial charge in [0.15, 0.2) is 11.3 Å². The largest absolute Gasteiger partial charge is 0.435 e. The highest BCUT2D eigenvalue weighted by molar-refractivity contribution is 5.95. The van der Waals surface area contributed by atoms with Crippen LogP contribution in [0.2, 0.25) is 0 Å². The van der Waals surface area contributed by atoms with Gasteiger partial charge >= 0.3 is 6.18 Å². The minimum atomic E-state index is -4.65. The van der Waals surface area contributed by atoms with Crippen molar-refractivity contribution < 1.29 is 18.0 Å². The van der Waals surface area contributed by atoms with Gasteiger partial charge in [-0.3, -0.25) is 18.9 Å². The summed E-state index contributed by atoms with van der Waals surface area (Å²) < 4.78 is 43.8. The van der Waals surface area contributed by atoms with Gasteiger partial charge in [-0.25, -0.2) is 4.98 Å². The van der Waals surface area contributed by atoms with Crippen LogP contribution >= 0.6 is 0 Å². The van der Waals surface area contributed by atoms with E-state index in [0.717, 1.165) is 35.3 Å². The smallest absolute Gasteiger partial charge is 0.338 e. The van der Waals surface area contributed by atoms with Gasteiger partial charge in [0.1, 0.15) is 6.54 Å². The van der Waals surface area contributed by atoms with Crippen LogP contribution in [-0.2, 0) is 19.1 Å². The normalized spacial score (nSPS) is 15.9. The summed E-state index contributed by atoms with van der Waals surface area (Å²) >= 11 is 0. The minimum absolute atomic E-state index is 0.0392. The monoisotopic (exact) mass is 506 g/mol. The number of amides is 1. The van der Waals surface area contributed by atoms with Crippen molar-refractivity contribution >= 4 is 11.6 Å². The first-order chi connectivity index (χ1) is 17.7. The highest BCUT2D eigenvalue weighted by Crippen LogP contribution is 2.36. The maximum absolute atomic E-state index is 13.7. The number of benzene rings is 1. The van der Waals surface area contributed by atoms with Gasteiger partial charge < -0.3 is 4.90 Å². The molecule has 0 unspecified atom stereocenters. The van der Waals surface area contributed by atoms with Crippen LogP contribution in [0.25, 0.3) is 16.9 Å². The summed E-state index contributed by atoms with van der Waals surface area (Å²) in [4.78, 5) is 23.7. The zero-order valence-electron chi connectivity index (χ0n) is 20.5. The first-order valence-corrected chi connectivity index (χ1v) is 11.9. The van der Waals surface area contributed by atoms with Crippen LogP contribution in [0.1, 0.15) is 46.2 Å². The van der Waals surface area contributed by atoms with E-state index < -0.39 is 11.9 Å². The number of rotatable bonds is 5. The maximum atomic E-state index is 13.7. The molecule has 0 saturated carbocycles. The predicted molar refractivity (Wildman–Crippen MR) is 132 cm³/mol. The fourth-order valence-electron chi connectivity index (χ4n) is 4.85. The Morgan fingerprint density at radius 2 is 2.08 bits per heavy atom. The van der Waals surface area contributed by atoms with Gasteiger partial charge in [0.25, 0.3) is 5.91 Å². The first-order valence-electron chi connectivity index (χ1n) is 11.9. The summed E-state index contributed by atoms with van der Waals surface area (Å²) in [6.45, 7) is 5.51. The van der Waals surface area contributed by atoms with Crippen molar-refractivity contribution in [1.29, 1.82) is 0 Å². The quantitative estimate of drug-likeness (QED) is 0.371. The van der Waals surface area contributed by atoms with E-state index in [-0.39, 0.29) is 23.7 Å². The molecule has 1 atom stereocenters. The molecule has 0 aliphatic carbocycles. The molecule has 7 nitrogen and oxygen atoms in total. The average molecular weight is 507 g/mol. The average Bonchev–Trinajstić information content (AvgIpc) is 3.57. The van der Waals surface area contributed by atoms with Gasteiger partial charge in [-0.1, -0.05) is 25.0 Å². The van der Waals surface area contributed by atoms with Crippen molar-refractivity contribution in [3.8, 4) is 23.6 Å². The molecule has 4 aromatic rings. The Hall–Kier alpha value is -4.13. The van der Waals surface area contributed by atoms with E-state index in [4.69, 9.17) is 6.42 Å². The third kappa shape index (κ3) is 4.69. The number of aromatic nitrogens is 5. The Balaban J connectivity index is 1.46. The fourth-order valence-corrected chi connectivity index (χ4v) is 4.85. The number of alkyl halides is 3. The molecule has 3 aromatic heterocycles. The van der Waals surface area contributed by atoms with E-state index in [0.29, 0.717) is 29.2 Å². The van der Waals surface area contributed by atoms with E-state index in [1.54, 1.807) is 10.6 Å². The molecule has 1 fully saturated rings. The zero-order chi connectivity index (χ0) is 26.3. The van der Waals surface area contributed by atoms with E-state index in [9.17, 15) is 18.0 Å². The van der Waals surface area contributed by atoms with E-state index in [1.807, 2.05) is 30.0 Å². The summed E-state index contributed by atoms with van der Waals surface area (Å²) in [5.41, 5.74) is 2.63. The standard InChI is InChI=1S/C27H25F3N6O/c1-4-9-35-16-21(24(33-35)27(28,29)30)23-14-32-25-22(31-8-11-36(23)25)13-19-5-6-20(18(3)12-19)26(37)34-10-7-17(2)15-34/h1,5-6,8,11-12,14,16-17H,7,9-10,13,15H2,2-3H3/t17-/m1/s1. The van der Waals surface area contributed by atoms with Crippen molar-refractivity contribution in [1.82, 2.24) is 29.0 Å². The van der Waals surface area contributed by atoms with Crippen molar-refractivity contribution in [2.45, 2.75) is 39.4 Å². The fraction of sp³-hybridized carbons (Fsp3) is 0.333. The lowest BCUT2D eigenvalue weighted by Gasteiger charge is -2.17. The first kappa shape index (κ1) is 24.6. The molecule has 1 aromatic carbocycles. The lowest BCUT2D eigenvalue weighted by molar-refractivity contribution is -0.141. The molecule has 10 heteroatoms. The molecular weight excluding hydrogens is 481 g/mol. The molecule has 1 saturated heterocycles. The van der Waals surface area contributed by atoms with Crippen LogP contribution in [0.15, 0.2) is 43.0 Å². The van der Waals surface area contributed by atoms with Gasteiger partial charge in [0, 0.05) is 43.7 Å². The van der Waals surface area contributed by atoms with Gasteiger partial charge in [-0.05, 0) is 36.5 Å². The molecule has 190 valence electrons. The second-order valence-corrected chi connectivity index (χ2v) is 9.47. The Morgan fingerprint density at radius 1 is 1.27 bits per heavy atom. The van der Waals surface area contributed by atoms with Crippen molar-refractivity contribution in [2.24, 2.45) is 5.92 Å². The molecule has 0 bridgehead atoms. The lowest BCUT2D eigenvalue weighted by atomic mass is 10.0. The summed E-state index contributed by atoms with van der Waals surface area (Å²) in [6, 6.07) is 5.68. The molecule has 37 heavy (non-hydrogen) atoms. The summed E-state index contributed by atoms with van der Waals surface area (Å²) in [5, 5.41) is 3.65. The summed E-state index contributed by atoms with van der Waals surface area (Å²) in [7, 11) is 0. The number of carbonyl (C=O) groups is 1. The van der Waals surface area contributed by atoms with Crippen LogP contribution in [0.5, 0.6) is 0 Å². The van der Waals surface area contributed by atoms with Crippen molar-refractivity contribution in [3.05, 3.63) is 71.1 Å². The SMILES string of the molecule is C#CCn1cc(-c2cnc3c(Cc4ccc(C(=O)N5CC[C@@H](C)C5)c(C)c4)nccn23)c(C(F)(F)F)n1. The number of fused-ring (bicyclic) bond motifs is 1. The molecular formula is C27H25F3N6O. The zero-order valence-corrected chi connectivity index (χ0v) is 20.5. The van der Waals surface area contributed by atoms with Crippen LogP contribution in [0.4, 0.5) is 13.2 Å². The number of hydrogen-bond donors (Lipinski definition) is 0. The van der Waals surface area contributed by atoms with Crippen molar-refractivity contribution in [2.75, 3.05) is 13.1 Å². The second kappa shape index (κ2) is 9.39. The molecule has 0 spiro atoms. The van der Waals surface area contributed by atoms with Gasteiger partial charge in [0.2, 0.25) is 0 Å². The molecule has 1 aliphatic heterocycles. The highest BCUT2D eigenvalue weighted by atomic mass is 19.4. The molecule has 1 amide bonds. The number of carbonyl (C=O) groups excluding carboxylic acids is 1. The third-order valence-electron chi connectivity index (χ3n) is 6.66. The number of hydrogen-bond acceptors (Lipinski definition) is 4.